The van der Waals surface area contributed by atoms with Crippen molar-refractivity contribution in [2.45, 2.75) is 56.5 Å². The number of aromatic carboxylic acids is 1. The summed E-state index contributed by atoms with van der Waals surface area (Å²) < 4.78 is 28.8. The minimum absolute atomic E-state index is 0.00554. The molecule has 1 aliphatic carbocycles. The zero-order valence-corrected chi connectivity index (χ0v) is 12.5. The average molecular weight is 300 g/mol. The first-order valence-corrected chi connectivity index (χ1v) is 8.23. The summed E-state index contributed by atoms with van der Waals surface area (Å²) in [6.45, 7) is 4.26. The molecule has 0 saturated heterocycles. The molecule has 1 aromatic rings. The Morgan fingerprint density at radius 1 is 1.50 bits per heavy atom. The number of nitrogens with zero attached hydrogens (tertiary/aromatic N) is 1. The first kappa shape index (κ1) is 15.1. The predicted molar refractivity (Wildman–Crippen MR) is 74.3 cm³/mol. The first-order chi connectivity index (χ1) is 9.27. The Hall–Kier alpha value is -1.34. The average Bonchev–Trinajstić information content (AvgIpc) is 2.72. The standard InChI is InChI=1S/C13H20N2O4S/c1-3-7-15-9-10(8-11(15)12(16)17)20(18,19)14-13(2)5-4-6-13/h8-9,14H,3-7H2,1-2H3,(H,16,17). The number of carboxylic acid groups (broad SMARTS) is 1. The van der Waals surface area contributed by atoms with Gasteiger partial charge in [0.15, 0.2) is 0 Å². The van der Waals surface area contributed by atoms with Crippen molar-refractivity contribution < 1.29 is 18.3 Å². The molecule has 0 unspecified atom stereocenters. The molecule has 0 spiro atoms. The summed E-state index contributed by atoms with van der Waals surface area (Å²) in [5.41, 5.74) is -0.388. The van der Waals surface area contributed by atoms with Crippen LogP contribution in [0.25, 0.3) is 0 Å². The number of hydrogen-bond donors (Lipinski definition) is 2. The molecule has 20 heavy (non-hydrogen) atoms. The van der Waals surface area contributed by atoms with Crippen LogP contribution in [0.4, 0.5) is 0 Å². The molecule has 1 aliphatic rings. The highest BCUT2D eigenvalue weighted by Gasteiger charge is 2.36. The molecule has 1 saturated carbocycles. The molecular formula is C13H20N2O4S. The highest BCUT2D eigenvalue weighted by atomic mass is 32.2. The van der Waals surface area contributed by atoms with E-state index < -0.39 is 21.5 Å². The fraction of sp³-hybridized carbons (Fsp3) is 0.615. The number of sulfonamides is 1. The quantitative estimate of drug-likeness (QED) is 0.838. The topological polar surface area (TPSA) is 88.4 Å². The van der Waals surface area contributed by atoms with Crippen LogP contribution >= 0.6 is 0 Å². The minimum Gasteiger partial charge on any atom is -0.477 e. The second-order valence-electron chi connectivity index (χ2n) is 5.58. The SMILES string of the molecule is CCCn1cc(S(=O)(=O)NC2(C)CCC2)cc1C(=O)O. The van der Waals surface area contributed by atoms with Gasteiger partial charge in [0.2, 0.25) is 10.0 Å². The number of aryl methyl sites for hydroxylation is 1. The third-order valence-corrected chi connectivity index (χ3v) is 5.31. The van der Waals surface area contributed by atoms with Gasteiger partial charge < -0.3 is 9.67 Å². The molecule has 0 aromatic carbocycles. The van der Waals surface area contributed by atoms with Crippen LogP contribution in [0.2, 0.25) is 0 Å². The smallest absolute Gasteiger partial charge is 0.352 e. The van der Waals surface area contributed by atoms with Gasteiger partial charge in [0.1, 0.15) is 10.6 Å². The van der Waals surface area contributed by atoms with E-state index in [1.165, 1.54) is 16.8 Å². The first-order valence-electron chi connectivity index (χ1n) is 6.75. The van der Waals surface area contributed by atoms with Gasteiger partial charge >= 0.3 is 5.97 Å². The van der Waals surface area contributed by atoms with E-state index in [0.29, 0.717) is 6.54 Å². The van der Waals surface area contributed by atoms with E-state index in [1.54, 1.807) is 0 Å². The van der Waals surface area contributed by atoms with Crippen LogP contribution in [0.1, 0.15) is 50.0 Å². The van der Waals surface area contributed by atoms with Crippen molar-refractivity contribution in [2.24, 2.45) is 0 Å². The zero-order chi connectivity index (χ0) is 15.0. The summed E-state index contributed by atoms with van der Waals surface area (Å²) in [5.74, 6) is -1.12. The Morgan fingerprint density at radius 2 is 2.15 bits per heavy atom. The maximum atomic E-state index is 12.3. The van der Waals surface area contributed by atoms with Gasteiger partial charge in [0.05, 0.1) is 0 Å². The van der Waals surface area contributed by atoms with Gasteiger partial charge in [0.25, 0.3) is 0 Å². The fourth-order valence-electron chi connectivity index (χ4n) is 2.43. The number of hydrogen-bond acceptors (Lipinski definition) is 3. The van der Waals surface area contributed by atoms with Crippen LogP contribution in [0.5, 0.6) is 0 Å². The van der Waals surface area contributed by atoms with Crippen molar-refractivity contribution in [3.05, 3.63) is 18.0 Å². The van der Waals surface area contributed by atoms with Crippen LogP contribution < -0.4 is 4.72 Å². The molecule has 2 rings (SSSR count). The molecule has 6 nitrogen and oxygen atoms in total. The molecule has 0 amide bonds. The molecule has 1 aromatic heterocycles. The summed E-state index contributed by atoms with van der Waals surface area (Å²) in [5, 5.41) is 9.13. The minimum atomic E-state index is -3.67. The van der Waals surface area contributed by atoms with Crippen molar-refractivity contribution in [1.82, 2.24) is 9.29 Å². The van der Waals surface area contributed by atoms with Crippen LogP contribution in [-0.2, 0) is 16.6 Å². The number of carbonyl (C=O) groups is 1. The van der Waals surface area contributed by atoms with E-state index in [4.69, 9.17) is 5.11 Å². The van der Waals surface area contributed by atoms with Crippen molar-refractivity contribution in [1.29, 1.82) is 0 Å². The Bertz CT molecular complexity index is 614. The van der Waals surface area contributed by atoms with Crippen molar-refractivity contribution >= 4 is 16.0 Å². The zero-order valence-electron chi connectivity index (χ0n) is 11.7. The monoisotopic (exact) mass is 300 g/mol. The summed E-state index contributed by atoms with van der Waals surface area (Å²) in [7, 11) is -3.67. The van der Waals surface area contributed by atoms with Crippen LogP contribution in [-0.4, -0.2) is 29.6 Å². The maximum Gasteiger partial charge on any atom is 0.352 e. The summed E-state index contributed by atoms with van der Waals surface area (Å²) in [6.07, 6.45) is 4.77. The van der Waals surface area contributed by atoms with Crippen LogP contribution in [0, 0.1) is 0 Å². The van der Waals surface area contributed by atoms with E-state index in [9.17, 15) is 13.2 Å². The molecule has 0 aliphatic heterocycles. The second kappa shape index (κ2) is 5.21. The summed E-state index contributed by atoms with van der Waals surface area (Å²) in [4.78, 5) is 11.2. The predicted octanol–water partition coefficient (Wildman–Crippen LogP) is 1.82. The number of carboxylic acids is 1. The van der Waals surface area contributed by atoms with Gasteiger partial charge in [-0.2, -0.15) is 0 Å². The van der Waals surface area contributed by atoms with E-state index in [1.807, 2.05) is 13.8 Å². The second-order valence-corrected chi connectivity index (χ2v) is 7.26. The third-order valence-electron chi connectivity index (χ3n) is 3.70. The third kappa shape index (κ3) is 2.88. The molecular weight excluding hydrogens is 280 g/mol. The molecule has 112 valence electrons. The van der Waals surface area contributed by atoms with Gasteiger partial charge in [0, 0.05) is 18.3 Å². The Morgan fingerprint density at radius 3 is 2.60 bits per heavy atom. The van der Waals surface area contributed by atoms with Gasteiger partial charge in [-0.25, -0.2) is 17.9 Å². The Labute approximate surface area is 118 Å². The van der Waals surface area contributed by atoms with Crippen LogP contribution in [0.15, 0.2) is 17.2 Å². The Balaban J connectivity index is 2.31. The largest absolute Gasteiger partial charge is 0.477 e. The Kier molecular flexibility index (Phi) is 3.93. The normalized spacial score (nSPS) is 17.7. The van der Waals surface area contributed by atoms with Gasteiger partial charge in [-0.1, -0.05) is 6.92 Å². The molecule has 7 heteroatoms. The number of nitrogens with one attached hydrogen (secondary N) is 1. The summed E-state index contributed by atoms with van der Waals surface area (Å²) >= 11 is 0. The lowest BCUT2D eigenvalue weighted by molar-refractivity contribution is 0.0685. The van der Waals surface area contributed by atoms with E-state index in [0.717, 1.165) is 25.7 Å². The molecule has 1 heterocycles. The highest BCUT2D eigenvalue weighted by Crippen LogP contribution is 2.32. The highest BCUT2D eigenvalue weighted by molar-refractivity contribution is 7.89. The van der Waals surface area contributed by atoms with Gasteiger partial charge in [-0.15, -0.1) is 0 Å². The van der Waals surface area contributed by atoms with Crippen LogP contribution in [0.3, 0.4) is 0 Å². The van der Waals surface area contributed by atoms with Crippen molar-refractivity contribution in [3.63, 3.8) is 0 Å². The number of aromatic nitrogens is 1. The van der Waals surface area contributed by atoms with E-state index in [2.05, 4.69) is 4.72 Å². The molecule has 1 fully saturated rings. The number of rotatable bonds is 6. The maximum absolute atomic E-state index is 12.3. The van der Waals surface area contributed by atoms with Crippen molar-refractivity contribution in [3.8, 4) is 0 Å². The lowest BCUT2D eigenvalue weighted by Crippen LogP contribution is -2.50. The molecule has 0 atom stereocenters. The van der Waals surface area contributed by atoms with Crippen molar-refractivity contribution in [2.75, 3.05) is 0 Å². The van der Waals surface area contributed by atoms with E-state index in [-0.39, 0.29) is 10.6 Å². The lowest BCUT2D eigenvalue weighted by atomic mass is 9.80. The summed E-state index contributed by atoms with van der Waals surface area (Å²) in [6, 6.07) is 1.22. The molecule has 2 N–H and O–H groups in total. The fourth-order valence-corrected chi connectivity index (χ4v) is 3.93. The van der Waals surface area contributed by atoms with Gasteiger partial charge in [-0.3, -0.25) is 0 Å². The lowest BCUT2D eigenvalue weighted by Gasteiger charge is -2.38. The molecule has 0 bridgehead atoms. The van der Waals surface area contributed by atoms with E-state index >= 15 is 0 Å². The van der Waals surface area contributed by atoms with Gasteiger partial charge in [-0.05, 0) is 38.7 Å². The molecule has 0 radical (unpaired) electrons.